The normalized spacial score (nSPS) is 13.5. The van der Waals surface area contributed by atoms with Gasteiger partial charge in [-0.2, -0.15) is 11.8 Å². The number of hydrogen-bond acceptors (Lipinski definition) is 7. The molecule has 0 bridgehead atoms. The molecule has 0 aliphatic carbocycles. The van der Waals surface area contributed by atoms with Crippen molar-refractivity contribution in [1.29, 1.82) is 0 Å². The second kappa shape index (κ2) is 7.02. The molecular weight excluding hydrogens is 352 g/mol. The van der Waals surface area contributed by atoms with E-state index in [1.807, 2.05) is 18.7 Å². The first-order valence-electron chi connectivity index (χ1n) is 7.23. The Labute approximate surface area is 146 Å². The number of aromatic nitrogens is 1. The molecule has 2 aromatic rings. The second-order valence-corrected chi connectivity index (χ2v) is 8.21. The first-order valence-corrected chi connectivity index (χ1v) is 10.1. The van der Waals surface area contributed by atoms with E-state index in [1.54, 1.807) is 12.3 Å². The van der Waals surface area contributed by atoms with E-state index in [0.29, 0.717) is 22.9 Å². The highest BCUT2D eigenvalue weighted by Crippen LogP contribution is 2.40. The van der Waals surface area contributed by atoms with Crippen molar-refractivity contribution in [2.24, 2.45) is 0 Å². The van der Waals surface area contributed by atoms with Crippen molar-refractivity contribution in [2.45, 2.75) is 26.0 Å². The molecule has 2 aromatic heterocycles. The number of ether oxygens (including phenoxy) is 1. The maximum absolute atomic E-state index is 12.4. The van der Waals surface area contributed by atoms with Crippen molar-refractivity contribution in [3.8, 4) is 0 Å². The van der Waals surface area contributed by atoms with E-state index in [9.17, 15) is 9.59 Å². The quantitative estimate of drug-likeness (QED) is 0.833. The third kappa shape index (κ3) is 3.44. The Morgan fingerprint density at radius 2 is 2.26 bits per heavy atom. The van der Waals surface area contributed by atoms with Crippen LogP contribution in [0.5, 0.6) is 0 Å². The molecule has 3 rings (SSSR count). The zero-order valence-electron chi connectivity index (χ0n) is 12.8. The number of rotatable bonds is 4. The fraction of sp³-hybridized carbons (Fsp3) is 0.400. The van der Waals surface area contributed by atoms with Gasteiger partial charge in [0.1, 0.15) is 10.7 Å². The summed E-state index contributed by atoms with van der Waals surface area (Å²) in [7, 11) is 0. The van der Waals surface area contributed by atoms with Gasteiger partial charge in [0.15, 0.2) is 0 Å². The minimum Gasteiger partial charge on any atom is -0.462 e. The van der Waals surface area contributed by atoms with Gasteiger partial charge >= 0.3 is 5.97 Å². The van der Waals surface area contributed by atoms with Crippen LogP contribution in [0.3, 0.4) is 0 Å². The number of amides is 1. The van der Waals surface area contributed by atoms with Crippen LogP contribution < -0.4 is 5.32 Å². The Kier molecular flexibility index (Phi) is 5.03. The number of anilines is 1. The van der Waals surface area contributed by atoms with Crippen LogP contribution in [-0.2, 0) is 16.9 Å². The lowest BCUT2D eigenvalue weighted by atomic mass is 10.1. The number of thiophene rings is 1. The molecule has 0 spiro atoms. The van der Waals surface area contributed by atoms with Crippen LogP contribution in [0.4, 0.5) is 5.00 Å². The van der Waals surface area contributed by atoms with Gasteiger partial charge in [0.25, 0.3) is 5.91 Å². The van der Waals surface area contributed by atoms with Gasteiger partial charge in [-0.15, -0.1) is 22.7 Å². The SMILES string of the molecule is CCOC(=O)c1c(NC(=O)c2csc(C)n2)sc2c1CCSC2. The van der Waals surface area contributed by atoms with Crippen LogP contribution >= 0.6 is 34.4 Å². The van der Waals surface area contributed by atoms with Crippen LogP contribution in [0.1, 0.15) is 43.2 Å². The Morgan fingerprint density at radius 3 is 2.96 bits per heavy atom. The van der Waals surface area contributed by atoms with E-state index in [2.05, 4.69) is 10.3 Å². The van der Waals surface area contributed by atoms with Crippen molar-refractivity contribution >= 4 is 51.3 Å². The lowest BCUT2D eigenvalue weighted by molar-refractivity contribution is 0.0527. The standard InChI is InChI=1S/C15H16N2O3S3/c1-3-20-15(19)12-9-4-5-21-7-11(9)23-14(12)17-13(18)10-6-22-8(2)16-10/h6H,3-5,7H2,1-2H3,(H,17,18). The summed E-state index contributed by atoms with van der Waals surface area (Å²) >= 11 is 4.73. The third-order valence-electron chi connectivity index (χ3n) is 3.38. The smallest absolute Gasteiger partial charge is 0.341 e. The van der Waals surface area contributed by atoms with Crippen LogP contribution in [0.15, 0.2) is 5.38 Å². The summed E-state index contributed by atoms with van der Waals surface area (Å²) in [6, 6.07) is 0. The number of hydrogen-bond donors (Lipinski definition) is 1. The minimum absolute atomic E-state index is 0.286. The van der Waals surface area contributed by atoms with Crippen LogP contribution in [-0.4, -0.2) is 29.2 Å². The predicted octanol–water partition coefficient (Wildman–Crippen LogP) is 3.73. The van der Waals surface area contributed by atoms with E-state index in [-0.39, 0.29) is 11.9 Å². The number of esters is 1. The van der Waals surface area contributed by atoms with E-state index < -0.39 is 0 Å². The molecule has 0 fully saturated rings. The number of aryl methyl sites for hydroxylation is 1. The van der Waals surface area contributed by atoms with Crippen molar-refractivity contribution in [3.63, 3.8) is 0 Å². The Morgan fingerprint density at radius 1 is 1.43 bits per heavy atom. The number of carbonyl (C=O) groups excluding carboxylic acids is 2. The molecule has 0 saturated heterocycles. The molecule has 0 saturated carbocycles. The number of thioether (sulfide) groups is 1. The lowest BCUT2D eigenvalue weighted by Gasteiger charge is -2.12. The predicted molar refractivity (Wildman–Crippen MR) is 94.9 cm³/mol. The zero-order chi connectivity index (χ0) is 16.4. The molecule has 0 aromatic carbocycles. The van der Waals surface area contributed by atoms with Gasteiger partial charge in [0.05, 0.1) is 17.2 Å². The van der Waals surface area contributed by atoms with Gasteiger partial charge in [-0.25, -0.2) is 9.78 Å². The van der Waals surface area contributed by atoms with Crippen LogP contribution in [0.2, 0.25) is 0 Å². The third-order valence-corrected chi connectivity index (χ3v) is 6.47. The summed E-state index contributed by atoms with van der Waals surface area (Å²) in [5.74, 6) is 1.21. The van der Waals surface area contributed by atoms with Crippen molar-refractivity contribution in [3.05, 3.63) is 32.1 Å². The highest BCUT2D eigenvalue weighted by atomic mass is 32.2. The van der Waals surface area contributed by atoms with Gasteiger partial charge in [-0.3, -0.25) is 4.79 Å². The van der Waals surface area contributed by atoms with Crippen LogP contribution in [0, 0.1) is 6.92 Å². The van der Waals surface area contributed by atoms with Gasteiger partial charge in [0.2, 0.25) is 0 Å². The largest absolute Gasteiger partial charge is 0.462 e. The van der Waals surface area contributed by atoms with Gasteiger partial charge in [-0.1, -0.05) is 0 Å². The number of carbonyl (C=O) groups is 2. The molecule has 1 aliphatic heterocycles. The van der Waals surface area contributed by atoms with Gasteiger partial charge in [-0.05, 0) is 31.6 Å². The molecule has 1 amide bonds. The summed E-state index contributed by atoms with van der Waals surface area (Å²) in [6.45, 7) is 3.95. The average Bonchev–Trinajstić information content (AvgIpc) is 3.10. The summed E-state index contributed by atoms with van der Waals surface area (Å²) in [5, 5.41) is 5.98. The highest BCUT2D eigenvalue weighted by molar-refractivity contribution is 7.98. The molecule has 3 heterocycles. The fourth-order valence-electron chi connectivity index (χ4n) is 2.37. The number of thiazole rings is 1. The summed E-state index contributed by atoms with van der Waals surface area (Å²) < 4.78 is 5.18. The highest BCUT2D eigenvalue weighted by Gasteiger charge is 2.27. The topological polar surface area (TPSA) is 68.3 Å². The maximum Gasteiger partial charge on any atom is 0.341 e. The Bertz CT molecular complexity index is 751. The molecule has 0 radical (unpaired) electrons. The molecule has 0 atom stereocenters. The molecule has 1 aliphatic rings. The lowest BCUT2D eigenvalue weighted by Crippen LogP contribution is -2.16. The van der Waals surface area contributed by atoms with Gasteiger partial charge in [0, 0.05) is 16.0 Å². The first kappa shape index (κ1) is 16.5. The van der Waals surface area contributed by atoms with Crippen molar-refractivity contribution in [1.82, 2.24) is 4.98 Å². The van der Waals surface area contributed by atoms with Crippen molar-refractivity contribution < 1.29 is 14.3 Å². The Balaban J connectivity index is 1.93. The molecule has 0 unspecified atom stereocenters. The zero-order valence-corrected chi connectivity index (χ0v) is 15.3. The molecule has 5 nitrogen and oxygen atoms in total. The fourth-order valence-corrected chi connectivity index (χ4v) is 5.33. The molecule has 1 N–H and O–H groups in total. The number of nitrogens with zero attached hydrogens (tertiary/aromatic N) is 1. The van der Waals surface area contributed by atoms with Gasteiger partial charge < -0.3 is 10.1 Å². The monoisotopic (exact) mass is 368 g/mol. The second-order valence-electron chi connectivity index (χ2n) is 4.94. The summed E-state index contributed by atoms with van der Waals surface area (Å²) in [5.41, 5.74) is 1.92. The van der Waals surface area contributed by atoms with E-state index in [0.717, 1.165) is 33.4 Å². The number of nitrogens with one attached hydrogen (secondary N) is 1. The molecular formula is C15H16N2O3S3. The molecule has 23 heavy (non-hydrogen) atoms. The minimum atomic E-state index is -0.360. The van der Waals surface area contributed by atoms with Crippen molar-refractivity contribution in [2.75, 3.05) is 17.7 Å². The van der Waals surface area contributed by atoms with E-state index in [1.165, 1.54) is 22.7 Å². The molecule has 8 heteroatoms. The average molecular weight is 369 g/mol. The van der Waals surface area contributed by atoms with E-state index in [4.69, 9.17) is 4.74 Å². The molecule has 122 valence electrons. The summed E-state index contributed by atoms with van der Waals surface area (Å²) in [6.07, 6.45) is 0.830. The summed E-state index contributed by atoms with van der Waals surface area (Å²) in [4.78, 5) is 30.0. The number of fused-ring (bicyclic) bond motifs is 1. The maximum atomic E-state index is 12.4. The van der Waals surface area contributed by atoms with Crippen LogP contribution in [0.25, 0.3) is 0 Å². The Hall–Kier alpha value is -1.38. The van der Waals surface area contributed by atoms with E-state index >= 15 is 0 Å². The first-order chi connectivity index (χ1) is 11.1.